The number of piperazine rings is 1. The van der Waals surface area contributed by atoms with E-state index in [2.05, 4.69) is 37.2 Å². The lowest BCUT2D eigenvalue weighted by Gasteiger charge is -2.36. The fraction of sp³-hybridized carbons (Fsp3) is 0.667. The predicted octanol–water partition coefficient (Wildman–Crippen LogP) is -0.247. The molecule has 0 unspecified atom stereocenters. The number of aryl methyl sites for hydroxylation is 1. The van der Waals surface area contributed by atoms with E-state index in [1.165, 1.54) is 0 Å². The molecule has 0 atom stereocenters. The molecule has 0 saturated carbocycles. The van der Waals surface area contributed by atoms with Crippen LogP contribution in [0.25, 0.3) is 0 Å². The number of nitrogens with zero attached hydrogens (tertiary/aromatic N) is 6. The Balaban J connectivity index is 0.00000420. The monoisotopic (exact) mass is 520 g/mol. The molecule has 1 saturated heterocycles. The van der Waals surface area contributed by atoms with Gasteiger partial charge in [0.15, 0.2) is 11.8 Å². The molecule has 1 aliphatic heterocycles. The number of aromatic nitrogens is 3. The first kappa shape index (κ1) is 25.3. The summed E-state index contributed by atoms with van der Waals surface area (Å²) < 4.78 is 6.89. The molecule has 0 bridgehead atoms. The average molecular weight is 520 g/mol. The Hall–Kier alpha value is -1.73. The lowest BCUT2D eigenvalue weighted by atomic mass is 10.3. The SMILES string of the molecule is C=CCNC(=NCc1nnc(C)n1C)N1CCN(CC(=O)NCCOC)CC1.I. The van der Waals surface area contributed by atoms with Gasteiger partial charge in [-0.1, -0.05) is 6.08 Å². The second-order valence-electron chi connectivity index (χ2n) is 6.64. The highest BCUT2D eigenvalue weighted by molar-refractivity contribution is 14.0. The smallest absolute Gasteiger partial charge is 0.234 e. The maximum Gasteiger partial charge on any atom is 0.234 e. The third-order valence-electron chi connectivity index (χ3n) is 4.62. The van der Waals surface area contributed by atoms with Crippen molar-refractivity contribution < 1.29 is 9.53 Å². The van der Waals surface area contributed by atoms with Gasteiger partial charge in [-0.05, 0) is 6.92 Å². The molecule has 1 aromatic heterocycles. The van der Waals surface area contributed by atoms with Crippen molar-refractivity contribution in [2.24, 2.45) is 12.0 Å². The zero-order chi connectivity index (χ0) is 20.4. The molecule has 0 aliphatic carbocycles. The predicted molar refractivity (Wildman–Crippen MR) is 123 cm³/mol. The van der Waals surface area contributed by atoms with Crippen molar-refractivity contribution in [3.63, 3.8) is 0 Å². The molecule has 1 aromatic rings. The molecule has 0 spiro atoms. The highest BCUT2D eigenvalue weighted by Crippen LogP contribution is 2.05. The quantitative estimate of drug-likeness (QED) is 0.152. The van der Waals surface area contributed by atoms with Crippen molar-refractivity contribution in [1.29, 1.82) is 0 Å². The number of rotatable bonds is 9. The van der Waals surface area contributed by atoms with Crippen molar-refractivity contribution in [2.75, 3.05) is 59.5 Å². The maximum absolute atomic E-state index is 12.0. The Bertz CT molecular complexity index is 671. The summed E-state index contributed by atoms with van der Waals surface area (Å²) in [5.74, 6) is 2.54. The van der Waals surface area contributed by atoms with Gasteiger partial charge in [-0.2, -0.15) is 0 Å². The molecule has 11 heteroatoms. The summed E-state index contributed by atoms with van der Waals surface area (Å²) in [6.45, 7) is 11.4. The summed E-state index contributed by atoms with van der Waals surface area (Å²) in [4.78, 5) is 21.0. The van der Waals surface area contributed by atoms with Crippen LogP contribution in [0.5, 0.6) is 0 Å². The summed E-state index contributed by atoms with van der Waals surface area (Å²) in [7, 11) is 3.56. The van der Waals surface area contributed by atoms with Crippen LogP contribution >= 0.6 is 24.0 Å². The number of ether oxygens (including phenoxy) is 1. The van der Waals surface area contributed by atoms with Crippen molar-refractivity contribution in [3.8, 4) is 0 Å². The summed E-state index contributed by atoms with van der Waals surface area (Å²) >= 11 is 0. The van der Waals surface area contributed by atoms with Gasteiger partial charge in [0.2, 0.25) is 5.91 Å². The second-order valence-corrected chi connectivity index (χ2v) is 6.64. The first-order valence-corrected chi connectivity index (χ1v) is 9.52. The standard InChI is InChI=1S/C18H32N8O2.HI/c1-5-6-20-18(21-13-16-23-22-15(2)24(16)3)26-10-8-25(9-11-26)14-17(27)19-7-12-28-4;/h5H,1,6-14H2,2-4H3,(H,19,27)(H,20,21);1H. The molecule has 10 nitrogen and oxygen atoms in total. The minimum Gasteiger partial charge on any atom is -0.383 e. The number of hydrogen-bond acceptors (Lipinski definition) is 6. The number of halogens is 1. The fourth-order valence-electron chi connectivity index (χ4n) is 2.83. The maximum atomic E-state index is 12.0. The highest BCUT2D eigenvalue weighted by Gasteiger charge is 2.21. The number of guanidine groups is 1. The molecular weight excluding hydrogens is 487 g/mol. The van der Waals surface area contributed by atoms with Crippen LogP contribution in [0.15, 0.2) is 17.6 Å². The molecule has 1 amide bonds. The third kappa shape index (κ3) is 8.26. The first-order valence-electron chi connectivity index (χ1n) is 9.52. The molecule has 1 aliphatic rings. The van der Waals surface area contributed by atoms with Crippen LogP contribution in [0.3, 0.4) is 0 Å². The normalized spacial score (nSPS) is 15.0. The Morgan fingerprint density at radius 3 is 2.59 bits per heavy atom. The van der Waals surface area contributed by atoms with Gasteiger partial charge < -0.3 is 24.8 Å². The number of carbonyl (C=O) groups excluding carboxylic acids is 1. The van der Waals surface area contributed by atoms with E-state index >= 15 is 0 Å². The van der Waals surface area contributed by atoms with Crippen LogP contribution in [-0.2, 0) is 23.1 Å². The van der Waals surface area contributed by atoms with Crippen molar-refractivity contribution in [3.05, 3.63) is 24.3 Å². The van der Waals surface area contributed by atoms with Crippen LogP contribution in [0.2, 0.25) is 0 Å². The van der Waals surface area contributed by atoms with Crippen molar-refractivity contribution >= 4 is 35.8 Å². The summed E-state index contributed by atoms with van der Waals surface area (Å²) in [5, 5.41) is 14.4. The second kappa shape index (κ2) is 13.5. The van der Waals surface area contributed by atoms with E-state index in [1.807, 2.05) is 24.6 Å². The van der Waals surface area contributed by atoms with Crippen LogP contribution < -0.4 is 10.6 Å². The van der Waals surface area contributed by atoms with Gasteiger partial charge in [-0.15, -0.1) is 40.8 Å². The highest BCUT2D eigenvalue weighted by atomic mass is 127. The number of hydrogen-bond donors (Lipinski definition) is 2. The lowest BCUT2D eigenvalue weighted by molar-refractivity contribution is -0.122. The topological polar surface area (TPSA) is 99.9 Å². The zero-order valence-corrected chi connectivity index (χ0v) is 19.9. The van der Waals surface area contributed by atoms with E-state index < -0.39 is 0 Å². The molecule has 2 rings (SSSR count). The number of carbonyl (C=O) groups is 1. The largest absolute Gasteiger partial charge is 0.383 e. The molecule has 29 heavy (non-hydrogen) atoms. The number of aliphatic imine (C=N–C) groups is 1. The molecule has 0 radical (unpaired) electrons. The van der Waals surface area contributed by atoms with Gasteiger partial charge >= 0.3 is 0 Å². The Kier molecular flexibility index (Phi) is 11.8. The Morgan fingerprint density at radius 2 is 2.00 bits per heavy atom. The van der Waals surface area contributed by atoms with Crippen LogP contribution in [-0.4, -0.2) is 96.0 Å². The minimum atomic E-state index is 0. The van der Waals surface area contributed by atoms with E-state index in [9.17, 15) is 4.79 Å². The Labute approximate surface area is 189 Å². The van der Waals surface area contributed by atoms with Gasteiger partial charge in [0.25, 0.3) is 0 Å². The number of amides is 1. The lowest BCUT2D eigenvalue weighted by Crippen LogP contribution is -2.54. The van der Waals surface area contributed by atoms with Gasteiger partial charge in [-0.3, -0.25) is 9.69 Å². The van der Waals surface area contributed by atoms with Crippen molar-refractivity contribution in [2.45, 2.75) is 13.5 Å². The van der Waals surface area contributed by atoms with E-state index in [0.717, 1.165) is 43.8 Å². The summed E-state index contributed by atoms with van der Waals surface area (Å²) in [6.07, 6.45) is 1.81. The van der Waals surface area contributed by atoms with E-state index in [4.69, 9.17) is 9.73 Å². The van der Waals surface area contributed by atoms with Gasteiger partial charge in [-0.25, -0.2) is 4.99 Å². The van der Waals surface area contributed by atoms with Gasteiger partial charge in [0.1, 0.15) is 12.4 Å². The third-order valence-corrected chi connectivity index (χ3v) is 4.62. The number of nitrogens with one attached hydrogen (secondary N) is 2. The van der Waals surface area contributed by atoms with Crippen molar-refractivity contribution in [1.82, 2.24) is 35.2 Å². The summed E-state index contributed by atoms with van der Waals surface area (Å²) in [5.41, 5.74) is 0. The minimum absolute atomic E-state index is 0. The fourth-order valence-corrected chi connectivity index (χ4v) is 2.83. The van der Waals surface area contributed by atoms with E-state index in [1.54, 1.807) is 7.11 Å². The molecule has 0 aromatic carbocycles. The molecule has 2 heterocycles. The Morgan fingerprint density at radius 1 is 1.28 bits per heavy atom. The molecule has 164 valence electrons. The molecular formula is C18H33IN8O2. The average Bonchev–Trinajstić information content (AvgIpc) is 3.01. The van der Waals surface area contributed by atoms with Crippen LogP contribution in [0.1, 0.15) is 11.6 Å². The molecule has 2 N–H and O–H groups in total. The van der Waals surface area contributed by atoms with Gasteiger partial charge in [0.05, 0.1) is 13.2 Å². The zero-order valence-electron chi connectivity index (χ0n) is 17.6. The van der Waals surface area contributed by atoms with Gasteiger partial charge in [0, 0.05) is 53.4 Å². The van der Waals surface area contributed by atoms with Crippen LogP contribution in [0, 0.1) is 6.92 Å². The van der Waals surface area contributed by atoms with E-state index in [-0.39, 0.29) is 29.9 Å². The molecule has 1 fully saturated rings. The number of methoxy groups -OCH3 is 1. The first-order chi connectivity index (χ1) is 13.5. The summed E-state index contributed by atoms with van der Waals surface area (Å²) in [6, 6.07) is 0. The van der Waals surface area contributed by atoms with E-state index in [0.29, 0.717) is 32.8 Å². The van der Waals surface area contributed by atoms with Crippen LogP contribution in [0.4, 0.5) is 0 Å².